The molecule has 0 N–H and O–H groups in total. The highest BCUT2D eigenvalue weighted by Gasteiger charge is 2.16. The van der Waals surface area contributed by atoms with Gasteiger partial charge in [0.1, 0.15) is 11.2 Å². The molecule has 0 radical (unpaired) electrons. The molecule has 2 heterocycles. The fraction of sp³-hybridized carbons (Fsp3) is 0. The standard InChI is InChI=1S/C56H36N2O/c1-4-13-37(14-5-1)40-19-12-20-41(29-40)47-32-48(45-27-28-55-51(35-45)50-21-10-11-22-54(50)59-55)34-49(33-47)53-36-52(57-56(58-53)39-17-8-3-9-18-39)46-26-25-43-30-42(23-24-44(43)31-46)38-15-6-2-7-16-38/h1-36H. The number of furan rings is 1. The van der Waals surface area contributed by atoms with E-state index < -0.39 is 0 Å². The fourth-order valence-electron chi connectivity index (χ4n) is 8.20. The highest BCUT2D eigenvalue weighted by molar-refractivity contribution is 6.06. The first-order valence-electron chi connectivity index (χ1n) is 20.0. The zero-order valence-corrected chi connectivity index (χ0v) is 32.1. The largest absolute Gasteiger partial charge is 0.456 e. The number of rotatable bonds is 7. The Bertz CT molecular complexity index is 3310. The monoisotopic (exact) mass is 752 g/mol. The van der Waals surface area contributed by atoms with Crippen LogP contribution in [0.3, 0.4) is 0 Å². The molecule has 59 heavy (non-hydrogen) atoms. The van der Waals surface area contributed by atoms with Crippen molar-refractivity contribution in [2.75, 3.05) is 0 Å². The summed E-state index contributed by atoms with van der Waals surface area (Å²) in [6, 6.07) is 77.2. The summed E-state index contributed by atoms with van der Waals surface area (Å²) in [5.41, 5.74) is 15.7. The molecule has 9 aromatic carbocycles. The minimum atomic E-state index is 0.682. The van der Waals surface area contributed by atoms with Crippen LogP contribution in [-0.2, 0) is 0 Å². The molecule has 0 unspecified atom stereocenters. The Kier molecular flexibility index (Phi) is 8.49. The third kappa shape index (κ3) is 6.65. The maximum absolute atomic E-state index is 6.23. The number of fused-ring (bicyclic) bond motifs is 4. The van der Waals surface area contributed by atoms with Crippen LogP contribution in [0.1, 0.15) is 0 Å². The molecule has 0 aliphatic heterocycles. The summed E-state index contributed by atoms with van der Waals surface area (Å²) in [5.74, 6) is 0.682. The maximum atomic E-state index is 6.23. The van der Waals surface area contributed by atoms with E-state index in [0.29, 0.717) is 5.82 Å². The third-order valence-corrected chi connectivity index (χ3v) is 11.2. The van der Waals surface area contributed by atoms with E-state index in [4.69, 9.17) is 14.4 Å². The molecule has 0 aliphatic rings. The van der Waals surface area contributed by atoms with E-state index >= 15 is 0 Å². The highest BCUT2D eigenvalue weighted by Crippen LogP contribution is 2.38. The molecule has 276 valence electrons. The van der Waals surface area contributed by atoms with Crippen molar-refractivity contribution in [3.8, 4) is 78.4 Å². The summed E-state index contributed by atoms with van der Waals surface area (Å²) in [6.07, 6.45) is 0. The zero-order valence-electron chi connectivity index (χ0n) is 32.1. The van der Waals surface area contributed by atoms with Crippen LogP contribution in [0.5, 0.6) is 0 Å². The molecule has 3 nitrogen and oxygen atoms in total. The van der Waals surface area contributed by atoms with Gasteiger partial charge in [0.05, 0.1) is 11.4 Å². The molecule has 0 amide bonds. The third-order valence-electron chi connectivity index (χ3n) is 11.2. The van der Waals surface area contributed by atoms with Crippen LogP contribution in [0.4, 0.5) is 0 Å². The normalized spacial score (nSPS) is 11.4. The van der Waals surface area contributed by atoms with Crippen LogP contribution >= 0.6 is 0 Å². The van der Waals surface area contributed by atoms with Gasteiger partial charge in [-0.2, -0.15) is 0 Å². The van der Waals surface area contributed by atoms with Gasteiger partial charge in [-0.1, -0.05) is 158 Å². The van der Waals surface area contributed by atoms with Crippen molar-refractivity contribution in [1.82, 2.24) is 9.97 Å². The van der Waals surface area contributed by atoms with E-state index in [1.807, 2.05) is 30.3 Å². The maximum Gasteiger partial charge on any atom is 0.160 e. The number of para-hydroxylation sites is 1. The molecule has 0 fully saturated rings. The summed E-state index contributed by atoms with van der Waals surface area (Å²) in [6.45, 7) is 0. The van der Waals surface area contributed by atoms with E-state index in [2.05, 4.69) is 188 Å². The van der Waals surface area contributed by atoms with Gasteiger partial charge in [0.2, 0.25) is 0 Å². The summed E-state index contributed by atoms with van der Waals surface area (Å²) in [5, 5.41) is 4.55. The van der Waals surface area contributed by atoms with E-state index in [9.17, 15) is 0 Å². The average Bonchev–Trinajstić information content (AvgIpc) is 3.70. The summed E-state index contributed by atoms with van der Waals surface area (Å²) >= 11 is 0. The first kappa shape index (κ1) is 34.4. The van der Waals surface area contributed by atoms with Crippen molar-refractivity contribution in [2.45, 2.75) is 0 Å². The second-order valence-electron chi connectivity index (χ2n) is 15.0. The molecule has 11 aromatic rings. The molecule has 11 rings (SSSR count). The summed E-state index contributed by atoms with van der Waals surface area (Å²) < 4.78 is 6.23. The second kappa shape index (κ2) is 14.6. The highest BCUT2D eigenvalue weighted by atomic mass is 16.3. The second-order valence-corrected chi connectivity index (χ2v) is 15.0. The molecule has 0 atom stereocenters. The molecule has 0 saturated heterocycles. The summed E-state index contributed by atoms with van der Waals surface area (Å²) in [7, 11) is 0. The molecular weight excluding hydrogens is 717 g/mol. The quantitative estimate of drug-likeness (QED) is 0.163. The van der Waals surface area contributed by atoms with E-state index in [-0.39, 0.29) is 0 Å². The van der Waals surface area contributed by atoms with E-state index in [1.54, 1.807) is 0 Å². The van der Waals surface area contributed by atoms with Crippen molar-refractivity contribution in [1.29, 1.82) is 0 Å². The lowest BCUT2D eigenvalue weighted by Gasteiger charge is -2.14. The lowest BCUT2D eigenvalue weighted by atomic mass is 9.92. The molecule has 3 heteroatoms. The van der Waals surface area contributed by atoms with Gasteiger partial charge in [0.25, 0.3) is 0 Å². The number of aromatic nitrogens is 2. The van der Waals surface area contributed by atoms with Gasteiger partial charge in [0, 0.05) is 27.5 Å². The minimum Gasteiger partial charge on any atom is -0.456 e. The minimum absolute atomic E-state index is 0.682. The van der Waals surface area contributed by atoms with Gasteiger partial charge >= 0.3 is 0 Å². The van der Waals surface area contributed by atoms with Crippen molar-refractivity contribution >= 4 is 32.7 Å². The van der Waals surface area contributed by atoms with Crippen molar-refractivity contribution in [3.05, 3.63) is 218 Å². The smallest absolute Gasteiger partial charge is 0.160 e. The Balaban J connectivity index is 1.09. The fourth-order valence-corrected chi connectivity index (χ4v) is 8.20. The molecule has 0 saturated carbocycles. The van der Waals surface area contributed by atoms with E-state index in [0.717, 1.165) is 77.7 Å². The number of hydrogen-bond acceptors (Lipinski definition) is 3. The molecule has 2 aromatic heterocycles. The number of benzene rings is 9. The first-order chi connectivity index (χ1) is 29.2. The van der Waals surface area contributed by atoms with Crippen molar-refractivity contribution < 1.29 is 4.42 Å². The molecule has 0 aliphatic carbocycles. The van der Waals surface area contributed by atoms with Crippen LogP contribution in [0, 0.1) is 0 Å². The average molecular weight is 753 g/mol. The van der Waals surface area contributed by atoms with Crippen LogP contribution in [0.2, 0.25) is 0 Å². The lowest BCUT2D eigenvalue weighted by Crippen LogP contribution is -1.96. The zero-order chi connectivity index (χ0) is 39.1. The van der Waals surface area contributed by atoms with Gasteiger partial charge in [0.15, 0.2) is 5.82 Å². The molecular formula is C56H36N2O. The molecule has 0 bridgehead atoms. The number of nitrogens with zero attached hydrogens (tertiary/aromatic N) is 2. The Hall–Kier alpha value is -7.88. The summed E-state index contributed by atoms with van der Waals surface area (Å²) in [4.78, 5) is 10.5. The van der Waals surface area contributed by atoms with Gasteiger partial charge in [-0.15, -0.1) is 0 Å². The Morgan fingerprint density at radius 2 is 0.712 bits per heavy atom. The Labute approximate surface area is 342 Å². The number of hydrogen-bond donors (Lipinski definition) is 0. The Morgan fingerprint density at radius 3 is 1.41 bits per heavy atom. The molecule has 0 spiro atoms. The SMILES string of the molecule is c1ccc(-c2cccc(-c3cc(-c4ccc5oc6ccccc6c5c4)cc(-c4cc(-c5ccc6cc(-c7ccccc7)ccc6c5)nc(-c5ccccc5)n4)c3)c2)cc1. The Morgan fingerprint density at radius 1 is 0.254 bits per heavy atom. The first-order valence-corrected chi connectivity index (χ1v) is 20.0. The van der Waals surface area contributed by atoms with Crippen molar-refractivity contribution in [3.63, 3.8) is 0 Å². The lowest BCUT2D eigenvalue weighted by molar-refractivity contribution is 0.669. The van der Waals surface area contributed by atoms with Crippen molar-refractivity contribution in [2.24, 2.45) is 0 Å². The van der Waals surface area contributed by atoms with Gasteiger partial charge in [-0.05, 0) is 116 Å². The van der Waals surface area contributed by atoms with E-state index in [1.165, 1.54) is 27.6 Å². The predicted octanol–water partition coefficient (Wildman–Crippen LogP) is 15.2. The van der Waals surface area contributed by atoms with Crippen LogP contribution in [0.15, 0.2) is 223 Å². The van der Waals surface area contributed by atoms with Gasteiger partial charge < -0.3 is 4.42 Å². The van der Waals surface area contributed by atoms with Crippen LogP contribution in [-0.4, -0.2) is 9.97 Å². The predicted molar refractivity (Wildman–Crippen MR) is 245 cm³/mol. The van der Waals surface area contributed by atoms with Crippen LogP contribution < -0.4 is 0 Å². The van der Waals surface area contributed by atoms with Crippen LogP contribution in [0.25, 0.3) is 111 Å². The van der Waals surface area contributed by atoms with Gasteiger partial charge in [-0.25, -0.2) is 9.97 Å². The topological polar surface area (TPSA) is 38.9 Å². The van der Waals surface area contributed by atoms with Gasteiger partial charge in [-0.3, -0.25) is 0 Å².